The number of carbonyl (C=O) groups is 2. The van der Waals surface area contributed by atoms with Crippen LogP contribution in [0.4, 0.5) is 4.79 Å². The van der Waals surface area contributed by atoms with Crippen molar-refractivity contribution in [3.8, 4) is 5.75 Å². The molecule has 31 heavy (non-hydrogen) atoms. The van der Waals surface area contributed by atoms with Crippen LogP contribution in [-0.4, -0.2) is 77.6 Å². The summed E-state index contributed by atoms with van der Waals surface area (Å²) in [6.45, 7) is 3.39. The zero-order valence-electron chi connectivity index (χ0n) is 17.8. The number of carbonyl (C=O) groups excluding carboxylic acids is 1. The molecule has 2 aromatic carbocycles. The van der Waals surface area contributed by atoms with E-state index in [1.807, 2.05) is 61.6 Å². The minimum atomic E-state index is -1.03. The number of hydrogen-bond acceptors (Lipinski definition) is 4. The summed E-state index contributed by atoms with van der Waals surface area (Å²) in [5.74, 6) is 0.801. The Bertz CT molecular complexity index is 895. The minimum absolute atomic E-state index is 0.0709. The van der Waals surface area contributed by atoms with Crippen molar-refractivity contribution < 1.29 is 19.4 Å². The quantitative estimate of drug-likeness (QED) is 0.741. The van der Waals surface area contributed by atoms with E-state index in [1.54, 1.807) is 4.90 Å². The molecule has 2 amide bonds. The third-order valence-corrected chi connectivity index (χ3v) is 6.12. The molecule has 2 aromatic rings. The fourth-order valence-corrected chi connectivity index (χ4v) is 4.06. The fourth-order valence-electron chi connectivity index (χ4n) is 4.06. The van der Waals surface area contributed by atoms with E-state index >= 15 is 0 Å². The van der Waals surface area contributed by atoms with Crippen LogP contribution in [0.3, 0.4) is 0 Å². The Hall–Kier alpha value is -3.06. The Morgan fingerprint density at radius 1 is 1.03 bits per heavy atom. The Kier molecular flexibility index (Phi) is 6.42. The summed E-state index contributed by atoms with van der Waals surface area (Å²) in [6, 6.07) is 17.7. The third kappa shape index (κ3) is 5.35. The molecule has 4 rings (SSSR count). The highest BCUT2D eigenvalue weighted by molar-refractivity contribution is 5.82. The number of likely N-dealkylation sites (N-methyl/N-ethyl adjacent to an activating group) is 1. The Labute approximate surface area is 182 Å². The smallest absolute Gasteiger partial charge is 0.408 e. The van der Waals surface area contributed by atoms with Gasteiger partial charge in [-0.15, -0.1) is 0 Å². The second-order valence-corrected chi connectivity index (χ2v) is 8.35. The summed E-state index contributed by atoms with van der Waals surface area (Å²) in [7, 11) is 2.03. The molecule has 1 aliphatic carbocycles. The van der Waals surface area contributed by atoms with Crippen LogP contribution < -0.4 is 4.74 Å². The van der Waals surface area contributed by atoms with Gasteiger partial charge in [0.25, 0.3) is 0 Å². The van der Waals surface area contributed by atoms with E-state index in [-0.39, 0.29) is 24.4 Å². The molecule has 2 fully saturated rings. The molecule has 1 saturated heterocycles. The average Bonchev–Trinajstić information content (AvgIpc) is 3.58. The first-order valence-electron chi connectivity index (χ1n) is 10.7. The predicted molar refractivity (Wildman–Crippen MR) is 117 cm³/mol. The van der Waals surface area contributed by atoms with Crippen molar-refractivity contribution in [2.45, 2.75) is 25.0 Å². The number of benzene rings is 2. The molecule has 2 atom stereocenters. The van der Waals surface area contributed by atoms with Gasteiger partial charge in [0.15, 0.2) is 0 Å². The van der Waals surface area contributed by atoms with Crippen molar-refractivity contribution in [1.82, 2.24) is 14.7 Å². The van der Waals surface area contributed by atoms with Crippen LogP contribution in [0.5, 0.6) is 5.75 Å². The molecule has 1 aliphatic heterocycles. The molecular formula is C24H29N3O4. The van der Waals surface area contributed by atoms with Gasteiger partial charge >= 0.3 is 6.09 Å². The predicted octanol–water partition coefficient (Wildman–Crippen LogP) is 2.88. The lowest BCUT2D eigenvalue weighted by atomic mass is 10.1. The van der Waals surface area contributed by atoms with Gasteiger partial charge < -0.3 is 19.6 Å². The zero-order chi connectivity index (χ0) is 21.8. The molecule has 0 bridgehead atoms. The monoisotopic (exact) mass is 423 g/mol. The summed E-state index contributed by atoms with van der Waals surface area (Å²) < 4.78 is 5.83. The largest absolute Gasteiger partial charge is 0.489 e. The number of piperazine rings is 1. The van der Waals surface area contributed by atoms with E-state index in [1.165, 1.54) is 4.90 Å². The lowest BCUT2D eigenvalue weighted by Crippen LogP contribution is -2.51. The molecule has 7 heteroatoms. The van der Waals surface area contributed by atoms with E-state index < -0.39 is 6.09 Å². The number of rotatable bonds is 7. The van der Waals surface area contributed by atoms with Crippen molar-refractivity contribution in [2.75, 3.05) is 39.8 Å². The van der Waals surface area contributed by atoms with E-state index in [0.29, 0.717) is 19.7 Å². The van der Waals surface area contributed by atoms with Gasteiger partial charge in [-0.3, -0.25) is 9.69 Å². The van der Waals surface area contributed by atoms with Gasteiger partial charge in [-0.05, 0) is 36.7 Å². The van der Waals surface area contributed by atoms with Gasteiger partial charge in [0.05, 0.1) is 0 Å². The van der Waals surface area contributed by atoms with Gasteiger partial charge in [0.1, 0.15) is 18.9 Å². The maximum Gasteiger partial charge on any atom is 0.408 e. The molecular weight excluding hydrogens is 394 g/mol. The maximum atomic E-state index is 12.6. The lowest BCUT2D eigenvalue weighted by Gasteiger charge is -2.33. The Morgan fingerprint density at radius 2 is 1.71 bits per heavy atom. The van der Waals surface area contributed by atoms with E-state index in [2.05, 4.69) is 4.90 Å². The normalized spacial score (nSPS) is 20.9. The topological polar surface area (TPSA) is 73.3 Å². The summed E-state index contributed by atoms with van der Waals surface area (Å²) >= 11 is 0. The number of ether oxygens (including phenoxy) is 1. The van der Waals surface area contributed by atoms with Crippen LogP contribution in [0.2, 0.25) is 0 Å². The molecule has 0 aromatic heterocycles. The highest BCUT2D eigenvalue weighted by atomic mass is 16.5. The van der Waals surface area contributed by atoms with E-state index in [4.69, 9.17) is 4.74 Å². The molecule has 7 nitrogen and oxygen atoms in total. The molecule has 0 radical (unpaired) electrons. The zero-order valence-corrected chi connectivity index (χ0v) is 17.8. The molecule has 164 valence electrons. The van der Waals surface area contributed by atoms with Crippen molar-refractivity contribution in [2.24, 2.45) is 0 Å². The molecule has 1 N–H and O–H groups in total. The highest BCUT2D eigenvalue weighted by Crippen LogP contribution is 2.45. The third-order valence-electron chi connectivity index (χ3n) is 6.12. The van der Waals surface area contributed by atoms with Crippen molar-refractivity contribution in [3.05, 3.63) is 65.7 Å². The highest BCUT2D eigenvalue weighted by Gasteiger charge is 2.46. The minimum Gasteiger partial charge on any atom is -0.489 e. The van der Waals surface area contributed by atoms with Crippen LogP contribution in [-0.2, 0) is 11.4 Å². The van der Waals surface area contributed by atoms with Crippen LogP contribution >= 0.6 is 0 Å². The number of carboxylic acid groups (broad SMARTS) is 1. The van der Waals surface area contributed by atoms with Gasteiger partial charge in [0, 0.05) is 38.1 Å². The molecule has 0 spiro atoms. The van der Waals surface area contributed by atoms with Gasteiger partial charge in [-0.25, -0.2) is 4.79 Å². The van der Waals surface area contributed by atoms with Gasteiger partial charge in [0.2, 0.25) is 5.91 Å². The summed E-state index contributed by atoms with van der Waals surface area (Å²) in [5.41, 5.74) is 2.19. The van der Waals surface area contributed by atoms with Crippen molar-refractivity contribution in [3.63, 3.8) is 0 Å². The summed E-state index contributed by atoms with van der Waals surface area (Å²) in [5, 5.41) is 9.69. The Balaban J connectivity index is 1.31. The van der Waals surface area contributed by atoms with Crippen LogP contribution in [0.1, 0.15) is 23.5 Å². The maximum absolute atomic E-state index is 12.6. The van der Waals surface area contributed by atoms with Crippen LogP contribution in [0, 0.1) is 0 Å². The van der Waals surface area contributed by atoms with Crippen molar-refractivity contribution in [1.29, 1.82) is 0 Å². The summed E-state index contributed by atoms with van der Waals surface area (Å²) in [6.07, 6.45) is -0.287. The molecule has 2 aliphatic rings. The molecule has 1 saturated carbocycles. The Morgan fingerprint density at radius 3 is 2.35 bits per heavy atom. The van der Waals surface area contributed by atoms with E-state index in [0.717, 1.165) is 36.4 Å². The first-order chi connectivity index (χ1) is 15.0. The number of nitrogens with zero attached hydrogens (tertiary/aromatic N) is 3. The second-order valence-electron chi connectivity index (χ2n) is 8.35. The SMILES string of the molecule is CN1CCN(C(=O)CN(C(=O)O)C2CC2c2ccc(OCc3ccccc3)cc2)CC1. The van der Waals surface area contributed by atoms with E-state index in [9.17, 15) is 14.7 Å². The average molecular weight is 424 g/mol. The number of hydrogen-bond donors (Lipinski definition) is 1. The standard InChI is InChI=1S/C24H29N3O4/c1-25-11-13-26(14-12-25)23(28)16-27(24(29)30)22-15-21(22)19-7-9-20(10-8-19)31-17-18-5-3-2-4-6-18/h2-10,21-22H,11-17H2,1H3,(H,29,30). The first kappa shape index (κ1) is 21.2. The second kappa shape index (κ2) is 9.39. The van der Waals surface area contributed by atoms with Crippen LogP contribution in [0.15, 0.2) is 54.6 Å². The fraction of sp³-hybridized carbons (Fsp3) is 0.417. The number of amides is 2. The summed E-state index contributed by atoms with van der Waals surface area (Å²) in [4.78, 5) is 29.7. The van der Waals surface area contributed by atoms with Crippen LogP contribution in [0.25, 0.3) is 0 Å². The molecule has 1 heterocycles. The van der Waals surface area contributed by atoms with Crippen molar-refractivity contribution >= 4 is 12.0 Å². The van der Waals surface area contributed by atoms with Gasteiger partial charge in [-0.2, -0.15) is 0 Å². The van der Waals surface area contributed by atoms with Gasteiger partial charge in [-0.1, -0.05) is 42.5 Å². The first-order valence-corrected chi connectivity index (χ1v) is 10.7. The molecule has 2 unspecified atom stereocenters. The lowest BCUT2D eigenvalue weighted by molar-refractivity contribution is -0.133.